The molecule has 3 aromatic rings. The lowest BCUT2D eigenvalue weighted by molar-refractivity contribution is 0.101. The van der Waals surface area contributed by atoms with Gasteiger partial charge in [-0.15, -0.1) is 0 Å². The van der Waals surface area contributed by atoms with E-state index in [-0.39, 0.29) is 5.78 Å². The molecule has 27 heavy (non-hydrogen) atoms. The summed E-state index contributed by atoms with van der Waals surface area (Å²) in [6.07, 6.45) is 2.39. The highest BCUT2D eigenvalue weighted by molar-refractivity contribution is 5.94. The first kappa shape index (κ1) is 17.2. The number of rotatable bonds is 5. The number of carbonyl (C=O) groups excluding carboxylic acids is 1. The van der Waals surface area contributed by atoms with Crippen molar-refractivity contribution in [2.45, 2.75) is 19.8 Å². The molecule has 0 aliphatic carbocycles. The second kappa shape index (κ2) is 7.58. The maximum atomic E-state index is 11.5. The van der Waals surface area contributed by atoms with Gasteiger partial charge in [0.1, 0.15) is 5.82 Å². The molecule has 5 heteroatoms. The zero-order chi connectivity index (χ0) is 18.6. The van der Waals surface area contributed by atoms with Crippen molar-refractivity contribution in [2.24, 2.45) is 0 Å². The minimum absolute atomic E-state index is 0.0557. The van der Waals surface area contributed by atoms with E-state index in [1.165, 1.54) is 12.8 Å². The molecule has 0 saturated carbocycles. The number of nitrogens with zero attached hydrogens (tertiary/aromatic N) is 3. The maximum absolute atomic E-state index is 11.5. The normalized spacial score (nSPS) is 13.6. The van der Waals surface area contributed by atoms with E-state index in [0.717, 1.165) is 35.9 Å². The number of ketones is 1. The number of carbonyl (C=O) groups is 1. The van der Waals surface area contributed by atoms with Crippen LogP contribution < -0.4 is 10.2 Å². The van der Waals surface area contributed by atoms with Gasteiger partial charge in [-0.1, -0.05) is 30.3 Å². The molecular weight excluding hydrogens is 336 g/mol. The first-order valence-electron chi connectivity index (χ1n) is 9.26. The Kier molecular flexibility index (Phi) is 4.83. The SMILES string of the molecule is CC(=O)c1ccc(Nc2nc(-c3ccccc3)cc(N3CCCC3)n2)cc1. The predicted octanol–water partition coefficient (Wildman–Crippen LogP) is 4.69. The quantitative estimate of drug-likeness (QED) is 0.671. The number of benzene rings is 2. The smallest absolute Gasteiger partial charge is 0.229 e. The average Bonchev–Trinajstić information content (AvgIpc) is 3.24. The second-order valence-electron chi connectivity index (χ2n) is 6.75. The lowest BCUT2D eigenvalue weighted by Crippen LogP contribution is -2.19. The predicted molar refractivity (Wildman–Crippen MR) is 109 cm³/mol. The molecule has 2 heterocycles. The fourth-order valence-electron chi connectivity index (χ4n) is 3.27. The summed E-state index contributed by atoms with van der Waals surface area (Å²) in [5.74, 6) is 1.57. The molecule has 0 atom stereocenters. The van der Waals surface area contributed by atoms with Crippen LogP contribution in [-0.2, 0) is 0 Å². The van der Waals surface area contributed by atoms with Crippen molar-refractivity contribution in [1.82, 2.24) is 9.97 Å². The zero-order valence-electron chi connectivity index (χ0n) is 15.4. The van der Waals surface area contributed by atoms with Crippen LogP contribution in [0, 0.1) is 0 Å². The number of aromatic nitrogens is 2. The standard InChI is InChI=1S/C22H22N4O/c1-16(27)17-9-11-19(12-10-17)23-22-24-20(18-7-3-2-4-8-18)15-21(25-22)26-13-5-6-14-26/h2-4,7-12,15H,5-6,13-14H2,1H3,(H,23,24,25). The molecule has 1 aromatic heterocycles. The molecule has 0 bridgehead atoms. The molecule has 0 radical (unpaired) electrons. The van der Waals surface area contributed by atoms with Crippen LogP contribution in [0.15, 0.2) is 60.7 Å². The summed E-state index contributed by atoms with van der Waals surface area (Å²) in [7, 11) is 0. The van der Waals surface area contributed by atoms with Gasteiger partial charge in [0.05, 0.1) is 5.69 Å². The van der Waals surface area contributed by atoms with E-state index in [1.807, 2.05) is 42.5 Å². The largest absolute Gasteiger partial charge is 0.356 e. The Morgan fingerprint density at radius 2 is 1.67 bits per heavy atom. The molecule has 4 rings (SSSR count). The van der Waals surface area contributed by atoms with E-state index in [0.29, 0.717) is 11.5 Å². The topological polar surface area (TPSA) is 58.1 Å². The number of anilines is 3. The van der Waals surface area contributed by atoms with Crippen LogP contribution in [0.4, 0.5) is 17.5 Å². The Hall–Kier alpha value is -3.21. The van der Waals surface area contributed by atoms with Crippen molar-refractivity contribution in [3.8, 4) is 11.3 Å². The van der Waals surface area contributed by atoms with Gasteiger partial charge in [-0.25, -0.2) is 4.98 Å². The van der Waals surface area contributed by atoms with Gasteiger partial charge in [-0.05, 0) is 44.0 Å². The highest BCUT2D eigenvalue weighted by Crippen LogP contribution is 2.27. The van der Waals surface area contributed by atoms with Crippen LogP contribution >= 0.6 is 0 Å². The Bertz CT molecular complexity index is 932. The van der Waals surface area contributed by atoms with Crippen LogP contribution in [0.3, 0.4) is 0 Å². The van der Waals surface area contributed by atoms with E-state index >= 15 is 0 Å². The van der Waals surface area contributed by atoms with Gasteiger partial charge in [0.2, 0.25) is 5.95 Å². The molecule has 2 aromatic carbocycles. The van der Waals surface area contributed by atoms with E-state index in [4.69, 9.17) is 9.97 Å². The minimum Gasteiger partial charge on any atom is -0.356 e. The van der Waals surface area contributed by atoms with Crippen molar-refractivity contribution in [1.29, 1.82) is 0 Å². The van der Waals surface area contributed by atoms with E-state index in [2.05, 4.69) is 28.4 Å². The Labute approximate surface area is 159 Å². The van der Waals surface area contributed by atoms with E-state index in [1.54, 1.807) is 6.92 Å². The Balaban J connectivity index is 1.68. The van der Waals surface area contributed by atoms with Gasteiger partial charge in [0, 0.05) is 36.0 Å². The molecule has 0 spiro atoms. The number of hydrogen-bond donors (Lipinski definition) is 1. The molecule has 1 aliphatic heterocycles. The summed E-state index contributed by atoms with van der Waals surface area (Å²) in [6, 6.07) is 19.6. The summed E-state index contributed by atoms with van der Waals surface area (Å²) < 4.78 is 0. The molecule has 0 amide bonds. The second-order valence-corrected chi connectivity index (χ2v) is 6.75. The van der Waals surface area contributed by atoms with Gasteiger partial charge >= 0.3 is 0 Å². The Morgan fingerprint density at radius 1 is 0.963 bits per heavy atom. The third kappa shape index (κ3) is 3.97. The molecule has 1 fully saturated rings. The fourth-order valence-corrected chi connectivity index (χ4v) is 3.27. The molecule has 1 saturated heterocycles. The third-order valence-corrected chi connectivity index (χ3v) is 4.76. The van der Waals surface area contributed by atoms with Crippen molar-refractivity contribution in [3.05, 3.63) is 66.2 Å². The number of hydrogen-bond acceptors (Lipinski definition) is 5. The molecule has 0 unspecified atom stereocenters. The van der Waals surface area contributed by atoms with Crippen LogP contribution in [0.2, 0.25) is 0 Å². The van der Waals surface area contributed by atoms with Gasteiger partial charge in [0.25, 0.3) is 0 Å². The summed E-state index contributed by atoms with van der Waals surface area (Å²) in [4.78, 5) is 23.2. The average molecular weight is 358 g/mol. The molecular formula is C22H22N4O. The third-order valence-electron chi connectivity index (χ3n) is 4.76. The first-order chi connectivity index (χ1) is 13.2. The maximum Gasteiger partial charge on any atom is 0.229 e. The highest BCUT2D eigenvalue weighted by Gasteiger charge is 2.16. The van der Waals surface area contributed by atoms with Crippen molar-refractivity contribution >= 4 is 23.2 Å². The summed E-state index contributed by atoms with van der Waals surface area (Å²) in [6.45, 7) is 3.62. The van der Waals surface area contributed by atoms with E-state index in [9.17, 15) is 4.79 Å². The van der Waals surface area contributed by atoms with Gasteiger partial charge in [-0.2, -0.15) is 4.98 Å². The van der Waals surface area contributed by atoms with Crippen LogP contribution in [0.25, 0.3) is 11.3 Å². The fraction of sp³-hybridized carbons (Fsp3) is 0.227. The van der Waals surface area contributed by atoms with Gasteiger partial charge in [-0.3, -0.25) is 4.79 Å². The molecule has 5 nitrogen and oxygen atoms in total. The first-order valence-corrected chi connectivity index (χ1v) is 9.26. The number of Topliss-reactive ketones (excluding diaryl/α,β-unsaturated/α-hetero) is 1. The number of nitrogens with one attached hydrogen (secondary N) is 1. The summed E-state index contributed by atoms with van der Waals surface area (Å²) in [5.41, 5.74) is 3.51. The zero-order valence-corrected chi connectivity index (χ0v) is 15.4. The van der Waals surface area contributed by atoms with Crippen LogP contribution in [0.5, 0.6) is 0 Å². The van der Waals surface area contributed by atoms with Crippen LogP contribution in [0.1, 0.15) is 30.1 Å². The van der Waals surface area contributed by atoms with Crippen molar-refractivity contribution in [2.75, 3.05) is 23.3 Å². The summed E-state index contributed by atoms with van der Waals surface area (Å²) >= 11 is 0. The lowest BCUT2D eigenvalue weighted by Gasteiger charge is -2.18. The van der Waals surface area contributed by atoms with E-state index < -0.39 is 0 Å². The summed E-state index contributed by atoms with van der Waals surface area (Å²) in [5, 5.41) is 3.28. The van der Waals surface area contributed by atoms with Crippen molar-refractivity contribution in [3.63, 3.8) is 0 Å². The molecule has 136 valence electrons. The lowest BCUT2D eigenvalue weighted by atomic mass is 10.1. The molecule has 1 N–H and O–H groups in total. The Morgan fingerprint density at radius 3 is 2.33 bits per heavy atom. The van der Waals surface area contributed by atoms with Gasteiger partial charge in [0.15, 0.2) is 5.78 Å². The van der Waals surface area contributed by atoms with Crippen LogP contribution in [-0.4, -0.2) is 28.8 Å². The molecule has 1 aliphatic rings. The monoisotopic (exact) mass is 358 g/mol. The minimum atomic E-state index is 0.0557. The van der Waals surface area contributed by atoms with Crippen molar-refractivity contribution < 1.29 is 4.79 Å². The van der Waals surface area contributed by atoms with Gasteiger partial charge < -0.3 is 10.2 Å². The highest BCUT2D eigenvalue weighted by atomic mass is 16.1.